The van der Waals surface area contributed by atoms with Gasteiger partial charge in [-0.25, -0.2) is 15.3 Å². The molecule has 0 spiro atoms. The molecule has 0 saturated heterocycles. The van der Waals surface area contributed by atoms with Crippen LogP contribution in [0.2, 0.25) is 0 Å². The maximum absolute atomic E-state index is 12.4. The summed E-state index contributed by atoms with van der Waals surface area (Å²) in [6.45, 7) is 1.54. The molecule has 0 fully saturated rings. The van der Waals surface area contributed by atoms with Gasteiger partial charge in [0.05, 0.1) is 6.61 Å². The van der Waals surface area contributed by atoms with E-state index in [-0.39, 0.29) is 24.6 Å². The third kappa shape index (κ3) is 5.43. The highest BCUT2D eigenvalue weighted by molar-refractivity contribution is 6.01. The van der Waals surface area contributed by atoms with E-state index in [1.165, 1.54) is 24.3 Å². The number of carbonyl (C=O) groups is 2. The van der Waals surface area contributed by atoms with Crippen molar-refractivity contribution in [3.05, 3.63) is 35.4 Å². The van der Waals surface area contributed by atoms with E-state index in [9.17, 15) is 27.9 Å². The molecule has 142 valence electrons. The number of alkyl halides is 3. The number of esters is 1. The number of halogens is 3. The number of rotatable bonds is 6. The molecular formula is C15H16F3N3O5. The molecule has 1 amide bonds. The highest BCUT2D eigenvalue weighted by Crippen LogP contribution is 2.31. The van der Waals surface area contributed by atoms with E-state index in [2.05, 4.69) is 25.4 Å². The minimum Gasteiger partial charge on any atom is -0.465 e. The van der Waals surface area contributed by atoms with Gasteiger partial charge in [0.1, 0.15) is 13.0 Å². The van der Waals surface area contributed by atoms with E-state index >= 15 is 0 Å². The maximum atomic E-state index is 12.4. The number of benzene rings is 1. The van der Waals surface area contributed by atoms with Crippen molar-refractivity contribution in [2.45, 2.75) is 25.4 Å². The second-order valence-corrected chi connectivity index (χ2v) is 5.26. The Balaban J connectivity index is 2.01. The van der Waals surface area contributed by atoms with Crippen LogP contribution in [0.4, 0.5) is 13.2 Å². The highest BCUT2D eigenvalue weighted by atomic mass is 19.4. The molecule has 1 aliphatic heterocycles. The number of amides is 1. The second-order valence-electron chi connectivity index (χ2n) is 5.26. The average molecular weight is 375 g/mol. The molecule has 1 aromatic carbocycles. The zero-order valence-corrected chi connectivity index (χ0v) is 13.6. The Hall–Kier alpha value is -2.66. The van der Waals surface area contributed by atoms with Crippen LogP contribution in [-0.4, -0.2) is 48.1 Å². The molecule has 8 nitrogen and oxygen atoms in total. The Labute approximate surface area is 146 Å². The molecule has 0 aromatic heterocycles. The normalized spacial score (nSPS) is 19.5. The van der Waals surface area contributed by atoms with Crippen molar-refractivity contribution < 1.29 is 37.4 Å². The van der Waals surface area contributed by atoms with Gasteiger partial charge in [-0.2, -0.15) is 13.2 Å². The second kappa shape index (κ2) is 7.70. The van der Waals surface area contributed by atoms with Crippen LogP contribution in [0, 0.1) is 0 Å². The summed E-state index contributed by atoms with van der Waals surface area (Å²) in [6, 6.07) is 5.55. The Bertz CT molecular complexity index is 705. The van der Waals surface area contributed by atoms with E-state index in [1.54, 1.807) is 6.92 Å². The maximum Gasteiger partial charge on any atom is 0.396 e. The molecule has 0 radical (unpaired) electrons. The molecule has 0 aliphatic carbocycles. The van der Waals surface area contributed by atoms with Crippen LogP contribution in [0.1, 0.15) is 29.3 Å². The van der Waals surface area contributed by atoms with Crippen LogP contribution in [-0.2, 0) is 14.4 Å². The molecule has 1 unspecified atom stereocenters. The van der Waals surface area contributed by atoms with Gasteiger partial charge in [0.15, 0.2) is 5.84 Å². The number of hydrogen-bond acceptors (Lipinski definition) is 7. The predicted octanol–water partition coefficient (Wildman–Crippen LogP) is 0.859. The third-order valence-electron chi connectivity index (χ3n) is 3.15. The van der Waals surface area contributed by atoms with E-state index in [0.29, 0.717) is 5.56 Å². The van der Waals surface area contributed by atoms with Crippen molar-refractivity contribution in [2.75, 3.05) is 13.2 Å². The standard InChI is InChI=1S/C15H16F3N3O5/c1-2-25-11(22)7-19-13(23)10-5-3-9(4-6-10)12-20-15(24,26-21-12)8-14(16,17)18/h3-6,24H,2,7-8H2,1H3,(H,19,23)(H,20,21). The van der Waals surface area contributed by atoms with Crippen LogP contribution in [0.15, 0.2) is 29.3 Å². The largest absolute Gasteiger partial charge is 0.465 e. The molecule has 1 aliphatic rings. The van der Waals surface area contributed by atoms with Gasteiger partial charge >= 0.3 is 12.1 Å². The van der Waals surface area contributed by atoms with Crippen LogP contribution >= 0.6 is 0 Å². The number of amidine groups is 1. The van der Waals surface area contributed by atoms with E-state index in [4.69, 9.17) is 0 Å². The quantitative estimate of drug-likeness (QED) is 0.637. The summed E-state index contributed by atoms with van der Waals surface area (Å²) in [7, 11) is 0. The fourth-order valence-electron chi connectivity index (χ4n) is 2.06. The zero-order chi connectivity index (χ0) is 19.4. The predicted molar refractivity (Wildman–Crippen MR) is 81.8 cm³/mol. The molecule has 26 heavy (non-hydrogen) atoms. The van der Waals surface area contributed by atoms with Crippen molar-refractivity contribution in [1.82, 2.24) is 10.8 Å². The summed E-state index contributed by atoms with van der Waals surface area (Å²) in [4.78, 5) is 31.1. The smallest absolute Gasteiger partial charge is 0.396 e. The van der Waals surface area contributed by atoms with Gasteiger partial charge in [-0.05, 0) is 19.1 Å². The van der Waals surface area contributed by atoms with E-state index in [1.807, 2.05) is 0 Å². The molecule has 11 heteroatoms. The van der Waals surface area contributed by atoms with Gasteiger partial charge in [0.25, 0.3) is 11.8 Å². The van der Waals surface area contributed by atoms with Crippen LogP contribution in [0.3, 0.4) is 0 Å². The minimum atomic E-state index is -4.67. The summed E-state index contributed by atoms with van der Waals surface area (Å²) >= 11 is 0. The van der Waals surface area contributed by atoms with Crippen molar-refractivity contribution in [3.63, 3.8) is 0 Å². The van der Waals surface area contributed by atoms with Crippen molar-refractivity contribution in [3.8, 4) is 0 Å². The van der Waals surface area contributed by atoms with Gasteiger partial charge < -0.3 is 15.2 Å². The van der Waals surface area contributed by atoms with E-state index in [0.717, 1.165) is 0 Å². The first-order valence-electron chi connectivity index (χ1n) is 7.49. The third-order valence-corrected chi connectivity index (χ3v) is 3.15. The lowest BCUT2D eigenvalue weighted by molar-refractivity contribution is -0.266. The molecular weight excluding hydrogens is 359 g/mol. The lowest BCUT2D eigenvalue weighted by Crippen LogP contribution is -2.35. The molecule has 2 rings (SSSR count). The van der Waals surface area contributed by atoms with Gasteiger partial charge in [0.2, 0.25) is 0 Å². The van der Waals surface area contributed by atoms with Gasteiger partial charge in [-0.15, -0.1) is 0 Å². The minimum absolute atomic E-state index is 0.116. The molecule has 0 saturated carbocycles. The average Bonchev–Trinajstić information content (AvgIpc) is 2.93. The SMILES string of the molecule is CCOC(=O)CNC(=O)c1ccc(C2=NC(O)(CC(F)(F)F)ON2)cc1. The zero-order valence-electron chi connectivity index (χ0n) is 13.6. The number of aliphatic imine (C=N–C) groups is 1. The molecule has 0 bridgehead atoms. The summed E-state index contributed by atoms with van der Waals surface area (Å²) in [5.74, 6) is -3.97. The number of hydroxylamine groups is 1. The number of hydrogen-bond donors (Lipinski definition) is 3. The van der Waals surface area contributed by atoms with Gasteiger partial charge in [-0.3, -0.25) is 9.59 Å². The first-order chi connectivity index (χ1) is 12.1. The first-order valence-corrected chi connectivity index (χ1v) is 7.49. The number of carbonyl (C=O) groups excluding carboxylic acids is 2. The Morgan fingerprint density at radius 2 is 2.00 bits per heavy atom. The molecule has 1 atom stereocenters. The van der Waals surface area contributed by atoms with Crippen molar-refractivity contribution >= 4 is 17.7 Å². The highest BCUT2D eigenvalue weighted by Gasteiger charge is 2.46. The fraction of sp³-hybridized carbons (Fsp3) is 0.400. The first kappa shape index (κ1) is 19.7. The van der Waals surface area contributed by atoms with Gasteiger partial charge in [0, 0.05) is 11.1 Å². The van der Waals surface area contributed by atoms with Crippen LogP contribution in [0.5, 0.6) is 0 Å². The van der Waals surface area contributed by atoms with Crippen molar-refractivity contribution in [1.29, 1.82) is 0 Å². The van der Waals surface area contributed by atoms with E-state index < -0.39 is 30.4 Å². The van der Waals surface area contributed by atoms with Crippen LogP contribution in [0.25, 0.3) is 0 Å². The van der Waals surface area contributed by atoms with Crippen molar-refractivity contribution in [2.24, 2.45) is 4.99 Å². The summed E-state index contributed by atoms with van der Waals surface area (Å²) in [5, 5.41) is 12.0. The Morgan fingerprint density at radius 1 is 1.35 bits per heavy atom. The lowest BCUT2D eigenvalue weighted by Gasteiger charge is -2.17. The number of nitrogens with zero attached hydrogens (tertiary/aromatic N) is 1. The topological polar surface area (TPSA) is 109 Å². The lowest BCUT2D eigenvalue weighted by atomic mass is 10.1. The molecule has 1 aromatic rings. The summed E-state index contributed by atoms with van der Waals surface area (Å²) < 4.78 is 41.8. The Kier molecular flexibility index (Phi) is 5.83. The number of aliphatic hydroxyl groups is 1. The summed E-state index contributed by atoms with van der Waals surface area (Å²) in [5.41, 5.74) is 2.63. The Morgan fingerprint density at radius 3 is 2.58 bits per heavy atom. The monoisotopic (exact) mass is 375 g/mol. The number of ether oxygens (including phenoxy) is 1. The number of nitrogens with one attached hydrogen (secondary N) is 2. The van der Waals surface area contributed by atoms with Crippen LogP contribution < -0.4 is 10.8 Å². The molecule has 1 heterocycles. The molecule has 3 N–H and O–H groups in total. The van der Waals surface area contributed by atoms with Gasteiger partial charge in [-0.1, -0.05) is 12.1 Å². The fourth-order valence-corrected chi connectivity index (χ4v) is 2.06. The summed E-state index contributed by atoms with van der Waals surface area (Å²) in [6.07, 6.45) is -6.35.